The number of aromatic nitrogens is 2. The molecule has 1 aliphatic heterocycles. The minimum absolute atomic E-state index is 0.0150. The Hall–Kier alpha value is -4.26. The summed E-state index contributed by atoms with van der Waals surface area (Å²) in [6.07, 6.45) is -0.877. The van der Waals surface area contributed by atoms with Gasteiger partial charge in [-0.15, -0.1) is 0 Å². The van der Waals surface area contributed by atoms with Crippen molar-refractivity contribution in [1.29, 1.82) is 0 Å². The van der Waals surface area contributed by atoms with E-state index in [-0.39, 0.29) is 57.4 Å². The number of hydrogen-bond acceptors (Lipinski definition) is 9. The van der Waals surface area contributed by atoms with Crippen LogP contribution in [0.1, 0.15) is 37.2 Å². The number of carbonyl (C=O) groups excluding carboxylic acids is 3. The second kappa shape index (κ2) is 14.8. The molecule has 1 aliphatic rings. The fourth-order valence-electron chi connectivity index (χ4n) is 4.20. The predicted octanol–water partition coefficient (Wildman–Crippen LogP) is 1.85. The molecule has 1 aromatic carbocycles. The van der Waals surface area contributed by atoms with Gasteiger partial charge in [-0.3, -0.25) is 14.4 Å². The minimum Gasteiger partial charge on any atom is -0.481 e. The Labute approximate surface area is 232 Å². The van der Waals surface area contributed by atoms with E-state index < -0.39 is 29.9 Å². The van der Waals surface area contributed by atoms with Crippen molar-refractivity contribution in [2.24, 2.45) is 0 Å². The first kappa shape index (κ1) is 30.3. The number of anilines is 1. The van der Waals surface area contributed by atoms with Crippen molar-refractivity contribution in [2.75, 3.05) is 51.8 Å². The molecule has 2 atom stereocenters. The summed E-state index contributed by atoms with van der Waals surface area (Å²) in [7, 11) is 1.58. The van der Waals surface area contributed by atoms with Crippen molar-refractivity contribution in [3.8, 4) is 11.4 Å². The van der Waals surface area contributed by atoms with Gasteiger partial charge in [0.05, 0.1) is 13.2 Å². The molecule has 0 radical (unpaired) electrons. The first-order valence-electron chi connectivity index (χ1n) is 13.1. The number of rotatable bonds is 12. The normalized spacial score (nSPS) is 14.7. The molecule has 1 saturated heterocycles. The molecule has 0 spiro atoms. The van der Waals surface area contributed by atoms with E-state index in [4.69, 9.17) is 9.47 Å². The Bertz CT molecular complexity index is 1170. The zero-order valence-electron chi connectivity index (χ0n) is 23.0. The van der Waals surface area contributed by atoms with E-state index in [1.54, 1.807) is 14.0 Å². The van der Waals surface area contributed by atoms with Crippen molar-refractivity contribution in [2.45, 2.75) is 38.8 Å². The van der Waals surface area contributed by atoms with Crippen LogP contribution in [0.5, 0.6) is 0 Å². The summed E-state index contributed by atoms with van der Waals surface area (Å²) in [5, 5.41) is 15.1. The molecule has 0 bridgehead atoms. The van der Waals surface area contributed by atoms with E-state index in [0.29, 0.717) is 23.8 Å². The second-order valence-corrected chi connectivity index (χ2v) is 9.30. The lowest BCUT2D eigenvalue weighted by molar-refractivity contribution is -0.138. The molecular formula is C27H36N6O7. The number of carboxylic acids is 1. The molecule has 2 aromatic rings. The topological polar surface area (TPSA) is 163 Å². The van der Waals surface area contributed by atoms with E-state index in [2.05, 4.69) is 20.6 Å². The molecule has 0 saturated carbocycles. The number of nitrogens with zero attached hydrogens (tertiary/aromatic N) is 4. The van der Waals surface area contributed by atoms with E-state index in [1.165, 1.54) is 15.9 Å². The van der Waals surface area contributed by atoms with Crippen LogP contribution in [0.3, 0.4) is 0 Å². The quantitative estimate of drug-likeness (QED) is 0.352. The predicted molar refractivity (Wildman–Crippen MR) is 146 cm³/mol. The van der Waals surface area contributed by atoms with Crippen LogP contribution in [0, 0.1) is 0 Å². The van der Waals surface area contributed by atoms with Gasteiger partial charge in [-0.05, 0) is 20.3 Å². The number of carbonyl (C=O) groups is 4. The molecule has 0 aliphatic carbocycles. The van der Waals surface area contributed by atoms with Crippen LogP contribution in [0.15, 0.2) is 36.4 Å². The molecular weight excluding hydrogens is 520 g/mol. The van der Waals surface area contributed by atoms with Crippen molar-refractivity contribution in [3.63, 3.8) is 0 Å². The SMILES string of the molecule is CCOC(=O)N1CCN(C(=O)[C@H](CCC(=O)O)NC(=O)c2cc(N[C@@H](C)COC)nc(-c3ccccc3)n2)CC1. The maximum Gasteiger partial charge on any atom is 0.409 e. The smallest absolute Gasteiger partial charge is 0.409 e. The van der Waals surface area contributed by atoms with Crippen molar-refractivity contribution in [3.05, 3.63) is 42.1 Å². The molecule has 3 rings (SSSR count). The average Bonchev–Trinajstić information content (AvgIpc) is 2.95. The van der Waals surface area contributed by atoms with Crippen molar-refractivity contribution < 1.29 is 33.8 Å². The third-order valence-electron chi connectivity index (χ3n) is 6.17. The highest BCUT2D eigenvalue weighted by atomic mass is 16.6. The Kier molecular flexibility index (Phi) is 11.2. The van der Waals surface area contributed by atoms with Gasteiger partial charge < -0.3 is 35.0 Å². The molecule has 0 unspecified atom stereocenters. The van der Waals surface area contributed by atoms with Crippen LogP contribution in [-0.4, -0.2) is 107 Å². The largest absolute Gasteiger partial charge is 0.481 e. The van der Waals surface area contributed by atoms with Gasteiger partial charge in [-0.1, -0.05) is 30.3 Å². The summed E-state index contributed by atoms with van der Waals surface area (Å²) in [4.78, 5) is 62.1. The zero-order chi connectivity index (χ0) is 29.1. The second-order valence-electron chi connectivity index (χ2n) is 9.30. The first-order valence-corrected chi connectivity index (χ1v) is 13.1. The van der Waals surface area contributed by atoms with Gasteiger partial charge in [0.1, 0.15) is 17.6 Å². The summed E-state index contributed by atoms with van der Waals surface area (Å²) < 4.78 is 10.2. The van der Waals surface area contributed by atoms with E-state index >= 15 is 0 Å². The minimum atomic E-state index is -1.10. The van der Waals surface area contributed by atoms with Gasteiger partial charge in [0.2, 0.25) is 5.91 Å². The third kappa shape index (κ3) is 8.63. The van der Waals surface area contributed by atoms with Crippen LogP contribution in [0.4, 0.5) is 10.6 Å². The summed E-state index contributed by atoms with van der Waals surface area (Å²) in [5.74, 6) is -1.46. The van der Waals surface area contributed by atoms with Gasteiger partial charge in [0, 0.05) is 57.4 Å². The Morgan fingerprint density at radius 2 is 1.73 bits per heavy atom. The van der Waals surface area contributed by atoms with E-state index in [0.717, 1.165) is 0 Å². The Morgan fingerprint density at radius 3 is 2.35 bits per heavy atom. The Balaban J connectivity index is 1.81. The highest BCUT2D eigenvalue weighted by molar-refractivity contribution is 5.97. The molecule has 3 N–H and O–H groups in total. The molecule has 40 heavy (non-hydrogen) atoms. The molecule has 13 nitrogen and oxygen atoms in total. The lowest BCUT2D eigenvalue weighted by Crippen LogP contribution is -2.56. The van der Waals surface area contributed by atoms with E-state index in [9.17, 15) is 24.3 Å². The average molecular weight is 557 g/mol. The number of aliphatic carboxylic acids is 1. The number of methoxy groups -OCH3 is 1. The van der Waals surface area contributed by atoms with Gasteiger partial charge in [0.25, 0.3) is 5.91 Å². The van der Waals surface area contributed by atoms with Gasteiger partial charge in [-0.25, -0.2) is 14.8 Å². The van der Waals surface area contributed by atoms with Crippen LogP contribution >= 0.6 is 0 Å². The number of ether oxygens (including phenoxy) is 2. The number of piperazine rings is 1. The van der Waals surface area contributed by atoms with Gasteiger partial charge >= 0.3 is 12.1 Å². The van der Waals surface area contributed by atoms with E-state index in [1.807, 2.05) is 37.3 Å². The van der Waals surface area contributed by atoms with Crippen molar-refractivity contribution >= 4 is 29.7 Å². The number of carboxylic acid groups (broad SMARTS) is 1. The van der Waals surface area contributed by atoms with Gasteiger partial charge in [0.15, 0.2) is 5.82 Å². The summed E-state index contributed by atoms with van der Waals surface area (Å²) in [6.45, 7) is 5.27. The number of benzene rings is 1. The molecule has 3 amide bonds. The van der Waals surface area contributed by atoms with Crippen LogP contribution in [0.25, 0.3) is 11.4 Å². The summed E-state index contributed by atoms with van der Waals surface area (Å²) in [5.41, 5.74) is 0.707. The lowest BCUT2D eigenvalue weighted by atomic mass is 10.1. The number of nitrogens with one attached hydrogen (secondary N) is 2. The summed E-state index contributed by atoms with van der Waals surface area (Å²) in [6, 6.07) is 9.40. The first-order chi connectivity index (χ1) is 19.2. The standard InChI is InChI=1S/C27H36N6O7/c1-4-40-27(38)33-14-12-32(13-15-33)26(37)20(10-11-23(34)35)30-25(36)21-16-22(28-18(2)17-39-3)31-24(29-21)19-8-6-5-7-9-19/h5-9,16,18,20H,4,10-15,17H2,1-3H3,(H,30,36)(H,34,35)(H,28,29,31)/t18-,20-/m0/s1. The monoisotopic (exact) mass is 556 g/mol. The van der Waals surface area contributed by atoms with Crippen LogP contribution in [-0.2, 0) is 19.1 Å². The van der Waals surface area contributed by atoms with Gasteiger partial charge in [-0.2, -0.15) is 0 Å². The fraction of sp³-hybridized carbons (Fsp3) is 0.481. The fourth-order valence-corrected chi connectivity index (χ4v) is 4.20. The Morgan fingerprint density at radius 1 is 1.05 bits per heavy atom. The maximum atomic E-state index is 13.4. The molecule has 1 fully saturated rings. The summed E-state index contributed by atoms with van der Waals surface area (Å²) >= 11 is 0. The van der Waals surface area contributed by atoms with Crippen LogP contribution in [0.2, 0.25) is 0 Å². The molecule has 2 heterocycles. The zero-order valence-corrected chi connectivity index (χ0v) is 23.0. The molecule has 13 heteroatoms. The lowest BCUT2D eigenvalue weighted by Gasteiger charge is -2.35. The number of hydrogen-bond donors (Lipinski definition) is 3. The molecule has 1 aromatic heterocycles. The highest BCUT2D eigenvalue weighted by Crippen LogP contribution is 2.19. The molecule has 216 valence electrons. The maximum absolute atomic E-state index is 13.4. The number of amides is 3. The van der Waals surface area contributed by atoms with Crippen LogP contribution < -0.4 is 10.6 Å². The van der Waals surface area contributed by atoms with Crippen molar-refractivity contribution in [1.82, 2.24) is 25.1 Å². The third-order valence-corrected chi connectivity index (χ3v) is 6.17. The highest BCUT2D eigenvalue weighted by Gasteiger charge is 2.31.